The highest BCUT2D eigenvalue weighted by Crippen LogP contribution is 2.35. The third kappa shape index (κ3) is 3.54. The molecule has 0 spiro atoms. The van der Waals surface area contributed by atoms with Crippen molar-refractivity contribution in [3.8, 4) is 17.2 Å². The van der Waals surface area contributed by atoms with Crippen molar-refractivity contribution in [2.24, 2.45) is 0 Å². The Hall–Kier alpha value is -4.11. The van der Waals surface area contributed by atoms with E-state index in [1.54, 1.807) is 12.4 Å². The fourth-order valence-corrected chi connectivity index (χ4v) is 3.42. The first-order valence-electron chi connectivity index (χ1n) is 9.16. The van der Waals surface area contributed by atoms with Crippen molar-refractivity contribution in [1.29, 1.82) is 5.26 Å². The number of carbonyl (C=O) groups excluding carboxylic acids is 1. The highest BCUT2D eigenvalue weighted by atomic mass is 16.1. The van der Waals surface area contributed by atoms with E-state index >= 15 is 0 Å². The molecule has 29 heavy (non-hydrogen) atoms. The molecule has 0 saturated heterocycles. The van der Waals surface area contributed by atoms with Crippen LogP contribution in [0, 0.1) is 18.3 Å². The van der Waals surface area contributed by atoms with E-state index < -0.39 is 0 Å². The average molecular weight is 381 g/mol. The van der Waals surface area contributed by atoms with E-state index in [2.05, 4.69) is 26.7 Å². The van der Waals surface area contributed by atoms with E-state index in [0.29, 0.717) is 16.9 Å². The number of pyridine rings is 1. The van der Waals surface area contributed by atoms with Crippen LogP contribution in [0.4, 0.5) is 17.1 Å². The molecule has 4 rings (SSSR count). The summed E-state index contributed by atoms with van der Waals surface area (Å²) in [5, 5.41) is 17.0. The van der Waals surface area contributed by atoms with E-state index in [-0.39, 0.29) is 5.91 Å². The van der Waals surface area contributed by atoms with Crippen molar-refractivity contribution >= 4 is 33.9 Å². The summed E-state index contributed by atoms with van der Waals surface area (Å²) in [6.07, 6.45) is 5.18. The Bertz CT molecular complexity index is 1270. The number of carbonyl (C=O) groups is 1. The molecule has 0 fully saturated rings. The zero-order chi connectivity index (χ0) is 20.4. The molecule has 3 N–H and O–H groups in total. The molecule has 6 heteroatoms. The summed E-state index contributed by atoms with van der Waals surface area (Å²) in [5.74, 6) is -0.139. The van der Waals surface area contributed by atoms with E-state index in [0.717, 1.165) is 33.3 Å². The fraction of sp³-hybridized carbons (Fsp3) is 0.0870. The Morgan fingerprint density at radius 2 is 2.03 bits per heavy atom. The van der Waals surface area contributed by atoms with Gasteiger partial charge in [-0.05, 0) is 48.4 Å². The van der Waals surface area contributed by atoms with Crippen LogP contribution in [0.25, 0.3) is 22.0 Å². The highest BCUT2D eigenvalue weighted by Gasteiger charge is 2.14. The molecular weight excluding hydrogens is 362 g/mol. The molecule has 0 aliphatic carbocycles. The van der Waals surface area contributed by atoms with Gasteiger partial charge in [0.2, 0.25) is 5.91 Å². The second-order valence-electron chi connectivity index (χ2n) is 6.79. The molecule has 142 valence electrons. The second kappa shape index (κ2) is 7.49. The summed E-state index contributed by atoms with van der Waals surface area (Å²) < 4.78 is 0. The molecule has 0 radical (unpaired) electrons. The number of aromatic nitrogens is 2. The van der Waals surface area contributed by atoms with Gasteiger partial charge in [-0.15, -0.1) is 0 Å². The highest BCUT2D eigenvalue weighted by molar-refractivity contribution is 5.93. The Labute approximate surface area is 168 Å². The van der Waals surface area contributed by atoms with Crippen molar-refractivity contribution in [3.63, 3.8) is 0 Å². The summed E-state index contributed by atoms with van der Waals surface area (Å²) >= 11 is 0. The number of aromatic amines is 1. The first-order valence-corrected chi connectivity index (χ1v) is 9.16. The zero-order valence-corrected chi connectivity index (χ0v) is 16.1. The summed E-state index contributed by atoms with van der Waals surface area (Å²) in [6.45, 7) is 3.51. The van der Waals surface area contributed by atoms with E-state index in [9.17, 15) is 10.1 Å². The minimum Gasteiger partial charge on any atom is -0.361 e. The number of benzene rings is 2. The van der Waals surface area contributed by atoms with Gasteiger partial charge in [0, 0.05) is 53.4 Å². The van der Waals surface area contributed by atoms with Gasteiger partial charge in [0.15, 0.2) is 0 Å². The topological polar surface area (TPSA) is 93.6 Å². The number of anilines is 3. The average Bonchev–Trinajstić information content (AvgIpc) is 3.19. The lowest BCUT2D eigenvalue weighted by Crippen LogP contribution is -2.05. The molecule has 0 aliphatic heterocycles. The van der Waals surface area contributed by atoms with Crippen LogP contribution in [0.3, 0.4) is 0 Å². The third-order valence-corrected chi connectivity index (χ3v) is 4.82. The number of hydrogen-bond donors (Lipinski definition) is 3. The third-order valence-electron chi connectivity index (χ3n) is 4.82. The van der Waals surface area contributed by atoms with Gasteiger partial charge in [-0.2, -0.15) is 5.26 Å². The van der Waals surface area contributed by atoms with E-state index in [1.807, 2.05) is 55.6 Å². The van der Waals surface area contributed by atoms with Gasteiger partial charge in [0.25, 0.3) is 0 Å². The molecule has 1 amide bonds. The van der Waals surface area contributed by atoms with Crippen LogP contribution in [0.15, 0.2) is 61.1 Å². The number of nitrogens with zero attached hydrogens (tertiary/aromatic N) is 2. The van der Waals surface area contributed by atoms with Crippen molar-refractivity contribution in [2.45, 2.75) is 13.8 Å². The van der Waals surface area contributed by atoms with Gasteiger partial charge in [0.05, 0.1) is 11.3 Å². The minimum atomic E-state index is -0.139. The molecule has 0 bridgehead atoms. The lowest BCUT2D eigenvalue weighted by molar-refractivity contribution is -0.114. The number of nitriles is 1. The van der Waals surface area contributed by atoms with Crippen molar-refractivity contribution in [3.05, 3.63) is 72.2 Å². The number of rotatable bonds is 4. The standard InChI is InChI=1S/C23H19N5O/c1-14-19-8-9-26-22(19)7-6-21(14)28-23-17(11-24)12-25-13-20(23)16-4-3-5-18(10-16)27-15(2)29/h3-10,12-13,26H,1-2H3,(H,25,28)(H,27,29). The van der Waals surface area contributed by atoms with Crippen LogP contribution in [0.2, 0.25) is 0 Å². The lowest BCUT2D eigenvalue weighted by atomic mass is 10.0. The van der Waals surface area contributed by atoms with E-state index in [1.165, 1.54) is 6.92 Å². The molecular formula is C23H19N5O. The first-order chi connectivity index (χ1) is 14.1. The minimum absolute atomic E-state index is 0.139. The Morgan fingerprint density at radius 1 is 1.17 bits per heavy atom. The van der Waals surface area contributed by atoms with Gasteiger partial charge in [-0.1, -0.05) is 12.1 Å². The summed E-state index contributed by atoms with van der Waals surface area (Å²) in [4.78, 5) is 18.9. The van der Waals surface area contributed by atoms with Crippen LogP contribution in [-0.4, -0.2) is 15.9 Å². The maximum Gasteiger partial charge on any atom is 0.221 e. The predicted octanol–water partition coefficient (Wildman–Crippen LogP) is 5.11. The number of nitrogens with one attached hydrogen (secondary N) is 3. The van der Waals surface area contributed by atoms with Crippen molar-refractivity contribution < 1.29 is 4.79 Å². The molecule has 2 aromatic carbocycles. The fourth-order valence-electron chi connectivity index (χ4n) is 3.42. The van der Waals surface area contributed by atoms with Gasteiger partial charge < -0.3 is 15.6 Å². The monoisotopic (exact) mass is 381 g/mol. The Kier molecular flexibility index (Phi) is 4.71. The molecule has 2 heterocycles. The van der Waals surface area contributed by atoms with Crippen LogP contribution >= 0.6 is 0 Å². The van der Waals surface area contributed by atoms with Crippen LogP contribution < -0.4 is 10.6 Å². The molecule has 2 aromatic heterocycles. The number of hydrogen-bond acceptors (Lipinski definition) is 4. The number of aryl methyl sites for hydroxylation is 1. The normalized spacial score (nSPS) is 10.5. The van der Waals surface area contributed by atoms with Gasteiger partial charge in [0.1, 0.15) is 6.07 Å². The van der Waals surface area contributed by atoms with Crippen LogP contribution in [0.1, 0.15) is 18.1 Å². The van der Waals surface area contributed by atoms with Crippen molar-refractivity contribution in [1.82, 2.24) is 9.97 Å². The van der Waals surface area contributed by atoms with Crippen molar-refractivity contribution in [2.75, 3.05) is 10.6 Å². The maximum absolute atomic E-state index is 11.4. The van der Waals surface area contributed by atoms with Crippen LogP contribution in [0.5, 0.6) is 0 Å². The van der Waals surface area contributed by atoms with Crippen LogP contribution in [-0.2, 0) is 4.79 Å². The summed E-state index contributed by atoms with van der Waals surface area (Å²) in [7, 11) is 0. The molecule has 0 unspecified atom stereocenters. The molecule has 0 saturated carbocycles. The first kappa shape index (κ1) is 18.3. The molecule has 4 aromatic rings. The van der Waals surface area contributed by atoms with E-state index in [4.69, 9.17) is 0 Å². The molecule has 0 aliphatic rings. The smallest absolute Gasteiger partial charge is 0.221 e. The SMILES string of the molecule is CC(=O)Nc1cccc(-c2cncc(C#N)c2Nc2ccc3[nH]ccc3c2C)c1. The molecule has 6 nitrogen and oxygen atoms in total. The second-order valence-corrected chi connectivity index (χ2v) is 6.79. The lowest BCUT2D eigenvalue weighted by Gasteiger charge is -2.16. The van der Waals surface area contributed by atoms with Gasteiger partial charge >= 0.3 is 0 Å². The number of H-pyrrole nitrogens is 1. The predicted molar refractivity (Wildman–Crippen MR) is 115 cm³/mol. The largest absolute Gasteiger partial charge is 0.361 e. The quantitative estimate of drug-likeness (QED) is 0.458. The Morgan fingerprint density at radius 3 is 2.83 bits per heavy atom. The molecule has 0 atom stereocenters. The zero-order valence-electron chi connectivity index (χ0n) is 16.1. The number of amides is 1. The van der Waals surface area contributed by atoms with Gasteiger partial charge in [-0.25, -0.2) is 0 Å². The Balaban J connectivity index is 1.82. The maximum atomic E-state index is 11.4. The summed E-state index contributed by atoms with van der Waals surface area (Å²) in [5.41, 5.74) is 6.51. The summed E-state index contributed by atoms with van der Waals surface area (Å²) in [6, 6.07) is 15.7. The van der Waals surface area contributed by atoms with Gasteiger partial charge in [-0.3, -0.25) is 9.78 Å². The number of fused-ring (bicyclic) bond motifs is 1.